The molecule has 0 unspecified atom stereocenters. The summed E-state index contributed by atoms with van der Waals surface area (Å²) in [4.78, 5) is 11.9. The van der Waals surface area contributed by atoms with E-state index in [4.69, 9.17) is 14.5 Å². The molecule has 0 N–H and O–H groups in total. The van der Waals surface area contributed by atoms with Gasteiger partial charge in [-0.25, -0.2) is 14.6 Å². The smallest absolute Gasteiger partial charge is 0.159 e. The van der Waals surface area contributed by atoms with Crippen molar-refractivity contribution in [2.45, 2.75) is 19.5 Å². The van der Waals surface area contributed by atoms with Gasteiger partial charge in [0.2, 0.25) is 0 Å². The molecular weight excluding hydrogens is 410 g/mol. The fraction of sp³-hybridized carbons (Fsp3) is 0.148. The van der Waals surface area contributed by atoms with Crippen LogP contribution < -0.4 is 0 Å². The van der Waals surface area contributed by atoms with Crippen LogP contribution in [-0.2, 0) is 19.5 Å². The summed E-state index contributed by atoms with van der Waals surface area (Å²) in [6, 6.07) is 24.2. The molecule has 0 atom stereocenters. The van der Waals surface area contributed by atoms with Crippen LogP contribution >= 0.6 is 0 Å². The van der Waals surface area contributed by atoms with Gasteiger partial charge in [0.25, 0.3) is 0 Å². The lowest BCUT2D eigenvalue weighted by Gasteiger charge is -2.27. The van der Waals surface area contributed by atoms with Crippen LogP contribution in [0, 0.1) is 0 Å². The van der Waals surface area contributed by atoms with Crippen molar-refractivity contribution >= 4 is 0 Å². The maximum atomic E-state index is 5.70. The molecule has 6 heteroatoms. The molecule has 0 spiro atoms. The predicted molar refractivity (Wildman–Crippen MR) is 127 cm³/mol. The number of fused-ring (bicyclic) bond motifs is 1. The van der Waals surface area contributed by atoms with Crippen molar-refractivity contribution in [3.63, 3.8) is 0 Å². The fourth-order valence-corrected chi connectivity index (χ4v) is 4.34. The Hall–Kier alpha value is -4.03. The van der Waals surface area contributed by atoms with Gasteiger partial charge in [0.05, 0.1) is 17.6 Å². The van der Waals surface area contributed by atoms with Crippen LogP contribution in [0.4, 0.5) is 0 Å². The summed E-state index contributed by atoms with van der Waals surface area (Å²) in [6.07, 6.45) is 6.69. The lowest BCUT2D eigenvalue weighted by molar-refractivity contribution is 0.243. The molecule has 0 aliphatic carbocycles. The molecule has 0 fully saturated rings. The first-order valence-corrected chi connectivity index (χ1v) is 11.1. The Morgan fingerprint density at radius 2 is 1.73 bits per heavy atom. The van der Waals surface area contributed by atoms with Gasteiger partial charge in [-0.05, 0) is 24.3 Å². The number of benzene rings is 2. The fourth-order valence-electron chi connectivity index (χ4n) is 4.34. The third kappa shape index (κ3) is 3.97. The summed E-state index contributed by atoms with van der Waals surface area (Å²) in [5.74, 6) is 1.58. The number of hydrogen-bond acceptors (Lipinski definition) is 5. The number of aromatic nitrogens is 4. The van der Waals surface area contributed by atoms with Crippen molar-refractivity contribution in [2.24, 2.45) is 0 Å². The van der Waals surface area contributed by atoms with E-state index in [0.717, 1.165) is 65.8 Å². The SMILES string of the molecule is c1ccc(-c2ncc3c(n2)CCN(Cc2cn(-c4ccccc4)nc2-c2ccco2)C3)cc1. The number of furan rings is 1. The summed E-state index contributed by atoms with van der Waals surface area (Å²) < 4.78 is 7.63. The summed E-state index contributed by atoms with van der Waals surface area (Å²) >= 11 is 0. The standard InChI is InChI=1S/C27H23N5O/c1-3-8-20(9-4-1)27-28-16-21-17-31(14-13-24(21)29-27)18-22-19-32(23-10-5-2-6-11-23)30-26(22)25-12-7-15-33-25/h1-12,15-16,19H,13-14,17-18H2. The molecule has 0 bridgehead atoms. The number of para-hydroxylation sites is 1. The van der Waals surface area contributed by atoms with Gasteiger partial charge in [-0.3, -0.25) is 4.90 Å². The second-order valence-corrected chi connectivity index (χ2v) is 8.25. The van der Waals surface area contributed by atoms with Crippen LogP contribution in [0.5, 0.6) is 0 Å². The Balaban J connectivity index is 1.26. The Morgan fingerprint density at radius 3 is 2.52 bits per heavy atom. The minimum atomic E-state index is 0.780. The molecule has 0 saturated heterocycles. The third-order valence-corrected chi connectivity index (χ3v) is 6.00. The molecule has 1 aliphatic rings. The van der Waals surface area contributed by atoms with E-state index in [0.29, 0.717) is 0 Å². The number of rotatable bonds is 5. The molecule has 33 heavy (non-hydrogen) atoms. The second kappa shape index (κ2) is 8.48. The van der Waals surface area contributed by atoms with Crippen LogP contribution in [0.1, 0.15) is 16.8 Å². The van der Waals surface area contributed by atoms with Crippen LogP contribution in [-0.4, -0.2) is 31.2 Å². The molecule has 0 amide bonds. The summed E-state index contributed by atoms with van der Waals surface area (Å²) in [7, 11) is 0. The molecule has 2 aromatic carbocycles. The van der Waals surface area contributed by atoms with Crippen molar-refractivity contribution in [2.75, 3.05) is 6.54 Å². The van der Waals surface area contributed by atoms with Crippen molar-refractivity contribution in [3.05, 3.63) is 108 Å². The van der Waals surface area contributed by atoms with Gasteiger partial charge >= 0.3 is 0 Å². The maximum absolute atomic E-state index is 5.70. The van der Waals surface area contributed by atoms with E-state index in [-0.39, 0.29) is 0 Å². The largest absolute Gasteiger partial charge is 0.463 e. The Kier molecular flexibility index (Phi) is 5.05. The highest BCUT2D eigenvalue weighted by atomic mass is 16.3. The molecule has 162 valence electrons. The molecule has 0 saturated carbocycles. The Bertz CT molecular complexity index is 1360. The Morgan fingerprint density at radius 1 is 0.909 bits per heavy atom. The first-order valence-electron chi connectivity index (χ1n) is 11.1. The lowest BCUT2D eigenvalue weighted by atomic mass is 10.1. The molecule has 6 nitrogen and oxygen atoms in total. The van der Waals surface area contributed by atoms with E-state index >= 15 is 0 Å². The van der Waals surface area contributed by atoms with Gasteiger partial charge in [-0.15, -0.1) is 0 Å². The average molecular weight is 434 g/mol. The monoisotopic (exact) mass is 433 g/mol. The summed E-state index contributed by atoms with van der Waals surface area (Å²) in [5, 5.41) is 4.85. The number of nitrogens with zero attached hydrogens (tertiary/aromatic N) is 5. The topological polar surface area (TPSA) is 60.0 Å². The van der Waals surface area contributed by atoms with Crippen molar-refractivity contribution in [1.29, 1.82) is 0 Å². The molecule has 5 aromatic rings. The quantitative estimate of drug-likeness (QED) is 0.384. The lowest BCUT2D eigenvalue weighted by Crippen LogP contribution is -2.31. The normalized spacial score (nSPS) is 13.7. The molecule has 4 heterocycles. The first-order chi connectivity index (χ1) is 16.3. The van der Waals surface area contributed by atoms with Gasteiger partial charge in [0.15, 0.2) is 11.6 Å². The summed E-state index contributed by atoms with van der Waals surface area (Å²) in [6.45, 7) is 2.54. The molecule has 0 radical (unpaired) electrons. The van der Waals surface area contributed by atoms with Crippen LogP contribution in [0.2, 0.25) is 0 Å². The first kappa shape index (κ1) is 19.6. The van der Waals surface area contributed by atoms with Crippen LogP contribution in [0.25, 0.3) is 28.5 Å². The highest BCUT2D eigenvalue weighted by Crippen LogP contribution is 2.28. The van der Waals surface area contributed by atoms with Crippen molar-refractivity contribution in [3.8, 4) is 28.5 Å². The van der Waals surface area contributed by atoms with E-state index < -0.39 is 0 Å². The second-order valence-electron chi connectivity index (χ2n) is 8.25. The zero-order chi connectivity index (χ0) is 22.0. The van der Waals surface area contributed by atoms with Gasteiger partial charge < -0.3 is 4.42 Å². The highest BCUT2D eigenvalue weighted by molar-refractivity contribution is 5.57. The van der Waals surface area contributed by atoms with Crippen molar-refractivity contribution in [1.82, 2.24) is 24.6 Å². The molecular formula is C27H23N5O. The van der Waals surface area contributed by atoms with Gasteiger partial charge in [-0.1, -0.05) is 48.5 Å². The predicted octanol–water partition coefficient (Wildman–Crippen LogP) is 5.15. The van der Waals surface area contributed by atoms with Gasteiger partial charge in [-0.2, -0.15) is 5.10 Å². The van der Waals surface area contributed by atoms with E-state index in [9.17, 15) is 0 Å². The van der Waals surface area contributed by atoms with E-state index in [1.807, 2.05) is 59.4 Å². The minimum Gasteiger partial charge on any atom is -0.463 e. The molecule has 6 rings (SSSR count). The minimum absolute atomic E-state index is 0.780. The highest BCUT2D eigenvalue weighted by Gasteiger charge is 2.22. The average Bonchev–Trinajstić information content (AvgIpc) is 3.55. The van der Waals surface area contributed by atoms with E-state index in [1.165, 1.54) is 5.56 Å². The van der Waals surface area contributed by atoms with Gasteiger partial charge in [0.1, 0.15) is 5.69 Å². The zero-order valence-corrected chi connectivity index (χ0v) is 18.1. The Labute approximate surface area is 192 Å². The molecule has 3 aromatic heterocycles. The van der Waals surface area contributed by atoms with E-state index in [1.54, 1.807) is 6.26 Å². The third-order valence-electron chi connectivity index (χ3n) is 6.00. The van der Waals surface area contributed by atoms with Crippen molar-refractivity contribution < 1.29 is 4.42 Å². The maximum Gasteiger partial charge on any atom is 0.159 e. The number of hydrogen-bond donors (Lipinski definition) is 0. The van der Waals surface area contributed by atoms with Crippen LogP contribution in [0.15, 0.2) is 95.9 Å². The van der Waals surface area contributed by atoms with E-state index in [2.05, 4.69) is 40.3 Å². The zero-order valence-electron chi connectivity index (χ0n) is 18.1. The molecule has 1 aliphatic heterocycles. The summed E-state index contributed by atoms with van der Waals surface area (Å²) in [5.41, 5.74) is 6.44. The van der Waals surface area contributed by atoms with Gasteiger partial charge in [0, 0.05) is 55.1 Å². The van der Waals surface area contributed by atoms with Crippen LogP contribution in [0.3, 0.4) is 0 Å².